The van der Waals surface area contributed by atoms with Crippen molar-refractivity contribution in [2.75, 3.05) is 7.11 Å². The van der Waals surface area contributed by atoms with Crippen LogP contribution in [0.2, 0.25) is 0 Å². The number of methoxy groups -OCH3 is 1. The fraction of sp³-hybridized carbons (Fsp3) is 0.500. The van der Waals surface area contributed by atoms with Crippen molar-refractivity contribution in [1.29, 1.82) is 0 Å². The number of phenols is 1. The third-order valence-electron chi connectivity index (χ3n) is 3.89. The summed E-state index contributed by atoms with van der Waals surface area (Å²) < 4.78 is 5.82. The summed E-state index contributed by atoms with van der Waals surface area (Å²) >= 11 is 3.34. The highest BCUT2D eigenvalue weighted by molar-refractivity contribution is 9.10. The summed E-state index contributed by atoms with van der Waals surface area (Å²) in [5, 5.41) is 19.9. The molecule has 0 saturated heterocycles. The highest BCUT2D eigenvalue weighted by Crippen LogP contribution is 2.47. The SMILES string of the molecule is COc1cc(Br)cc(C2(C(=O)O)CCCCC2)c1O. The molecule has 1 aliphatic carbocycles. The number of aromatic hydroxyl groups is 1. The normalized spacial score (nSPS) is 18.0. The molecule has 2 N–H and O–H groups in total. The number of carboxylic acid groups (broad SMARTS) is 1. The van der Waals surface area contributed by atoms with Gasteiger partial charge >= 0.3 is 5.97 Å². The lowest BCUT2D eigenvalue weighted by Gasteiger charge is -2.34. The number of halogens is 1. The number of phenolic OH excluding ortho intramolecular Hbond substituents is 1. The maximum Gasteiger partial charge on any atom is 0.314 e. The minimum Gasteiger partial charge on any atom is -0.504 e. The molecule has 0 heterocycles. The van der Waals surface area contributed by atoms with Gasteiger partial charge in [0.2, 0.25) is 0 Å². The monoisotopic (exact) mass is 328 g/mol. The summed E-state index contributed by atoms with van der Waals surface area (Å²) in [4.78, 5) is 11.8. The molecular weight excluding hydrogens is 312 g/mol. The van der Waals surface area contributed by atoms with Crippen molar-refractivity contribution in [1.82, 2.24) is 0 Å². The van der Waals surface area contributed by atoms with Crippen LogP contribution in [-0.2, 0) is 10.2 Å². The second-order valence-corrected chi connectivity index (χ2v) is 5.87. The molecule has 5 heteroatoms. The van der Waals surface area contributed by atoms with Gasteiger partial charge in [0.05, 0.1) is 12.5 Å². The summed E-state index contributed by atoms with van der Waals surface area (Å²) in [6, 6.07) is 3.33. The van der Waals surface area contributed by atoms with Crippen LogP contribution in [0.3, 0.4) is 0 Å². The molecule has 4 nitrogen and oxygen atoms in total. The number of benzene rings is 1. The Kier molecular flexibility index (Phi) is 4.04. The van der Waals surface area contributed by atoms with Crippen LogP contribution in [-0.4, -0.2) is 23.3 Å². The van der Waals surface area contributed by atoms with Gasteiger partial charge in [-0.15, -0.1) is 0 Å². The zero-order valence-electron chi connectivity index (χ0n) is 10.8. The van der Waals surface area contributed by atoms with E-state index in [0.717, 1.165) is 19.3 Å². The van der Waals surface area contributed by atoms with Gasteiger partial charge in [-0.05, 0) is 25.0 Å². The molecule has 0 amide bonds. The van der Waals surface area contributed by atoms with Gasteiger partial charge in [-0.3, -0.25) is 4.79 Å². The van der Waals surface area contributed by atoms with Gasteiger partial charge in [-0.1, -0.05) is 35.2 Å². The van der Waals surface area contributed by atoms with Crippen LogP contribution in [0.5, 0.6) is 11.5 Å². The van der Waals surface area contributed by atoms with Gasteiger partial charge in [-0.25, -0.2) is 0 Å². The molecule has 1 aliphatic rings. The molecule has 0 bridgehead atoms. The smallest absolute Gasteiger partial charge is 0.314 e. The van der Waals surface area contributed by atoms with Gasteiger partial charge < -0.3 is 14.9 Å². The van der Waals surface area contributed by atoms with Gasteiger partial charge in [0.25, 0.3) is 0 Å². The Hall–Kier alpha value is -1.23. The van der Waals surface area contributed by atoms with Gasteiger partial charge in [0.15, 0.2) is 11.5 Å². The number of carboxylic acids is 1. The van der Waals surface area contributed by atoms with Crippen molar-refractivity contribution in [2.24, 2.45) is 0 Å². The van der Waals surface area contributed by atoms with E-state index in [-0.39, 0.29) is 5.75 Å². The molecule has 0 atom stereocenters. The molecule has 1 fully saturated rings. The second kappa shape index (κ2) is 5.41. The first-order chi connectivity index (χ1) is 9.01. The molecule has 1 aromatic rings. The fourth-order valence-corrected chi connectivity index (χ4v) is 3.29. The molecule has 2 rings (SSSR count). The number of aliphatic carboxylic acids is 1. The zero-order valence-corrected chi connectivity index (χ0v) is 12.4. The number of ether oxygens (including phenoxy) is 1. The van der Waals surface area contributed by atoms with E-state index in [1.165, 1.54) is 7.11 Å². The zero-order chi connectivity index (χ0) is 14.0. The Bertz CT molecular complexity index is 492. The second-order valence-electron chi connectivity index (χ2n) is 4.95. The van der Waals surface area contributed by atoms with E-state index in [1.807, 2.05) is 0 Å². The lowest BCUT2D eigenvalue weighted by Crippen LogP contribution is -2.38. The summed E-state index contributed by atoms with van der Waals surface area (Å²) in [6.45, 7) is 0. The first kappa shape index (κ1) is 14.2. The largest absolute Gasteiger partial charge is 0.504 e. The molecule has 0 spiro atoms. The number of hydrogen-bond donors (Lipinski definition) is 2. The van der Waals surface area contributed by atoms with Crippen LogP contribution >= 0.6 is 15.9 Å². The highest BCUT2D eigenvalue weighted by atomic mass is 79.9. The van der Waals surface area contributed by atoms with Crippen LogP contribution in [0, 0.1) is 0 Å². The molecule has 1 saturated carbocycles. The Labute approximate surface area is 120 Å². The van der Waals surface area contributed by atoms with E-state index in [4.69, 9.17) is 4.74 Å². The standard InChI is InChI=1S/C14H17BrO4/c1-19-11-8-9(15)7-10(12(11)16)14(13(17)18)5-3-2-4-6-14/h7-8,16H,2-6H2,1H3,(H,17,18). The summed E-state index contributed by atoms with van der Waals surface area (Å²) in [7, 11) is 1.46. The Balaban J connectivity index is 2.59. The molecule has 19 heavy (non-hydrogen) atoms. The van der Waals surface area contributed by atoms with E-state index in [1.54, 1.807) is 12.1 Å². The predicted molar refractivity (Wildman–Crippen MR) is 74.8 cm³/mol. The minimum absolute atomic E-state index is 0.0602. The van der Waals surface area contributed by atoms with Crippen molar-refractivity contribution >= 4 is 21.9 Å². The Morgan fingerprint density at radius 3 is 2.47 bits per heavy atom. The average Bonchev–Trinajstić information content (AvgIpc) is 2.41. The number of hydrogen-bond acceptors (Lipinski definition) is 3. The molecule has 1 aromatic carbocycles. The Morgan fingerprint density at radius 2 is 1.95 bits per heavy atom. The molecule has 0 aliphatic heterocycles. The van der Waals surface area contributed by atoms with E-state index in [2.05, 4.69) is 15.9 Å². The van der Waals surface area contributed by atoms with Crippen molar-refractivity contribution in [2.45, 2.75) is 37.5 Å². The predicted octanol–water partition coefficient (Wildman–Crippen LogP) is 3.45. The molecule has 0 unspecified atom stereocenters. The van der Waals surface area contributed by atoms with E-state index in [9.17, 15) is 15.0 Å². The third kappa shape index (κ3) is 2.43. The van der Waals surface area contributed by atoms with Gasteiger partial charge in [0.1, 0.15) is 0 Å². The van der Waals surface area contributed by atoms with Gasteiger partial charge in [-0.2, -0.15) is 0 Å². The van der Waals surface area contributed by atoms with E-state index < -0.39 is 11.4 Å². The lowest BCUT2D eigenvalue weighted by atomic mass is 9.69. The lowest BCUT2D eigenvalue weighted by molar-refractivity contribution is -0.145. The average molecular weight is 329 g/mol. The minimum atomic E-state index is -1.00. The van der Waals surface area contributed by atoms with Crippen molar-refractivity contribution in [3.63, 3.8) is 0 Å². The summed E-state index contributed by atoms with van der Waals surface area (Å²) in [6.07, 6.45) is 3.87. The van der Waals surface area contributed by atoms with Crippen molar-refractivity contribution in [3.05, 3.63) is 22.2 Å². The first-order valence-corrected chi connectivity index (χ1v) is 7.11. The van der Waals surface area contributed by atoms with Crippen LogP contribution in [0.4, 0.5) is 0 Å². The first-order valence-electron chi connectivity index (χ1n) is 6.31. The van der Waals surface area contributed by atoms with Crippen LogP contribution in [0.1, 0.15) is 37.7 Å². The fourth-order valence-electron chi connectivity index (χ4n) is 2.85. The topological polar surface area (TPSA) is 66.8 Å². The van der Waals surface area contributed by atoms with Crippen LogP contribution < -0.4 is 4.74 Å². The van der Waals surface area contributed by atoms with Crippen LogP contribution in [0.25, 0.3) is 0 Å². The van der Waals surface area contributed by atoms with E-state index >= 15 is 0 Å². The maximum absolute atomic E-state index is 11.8. The number of carbonyl (C=O) groups is 1. The Morgan fingerprint density at radius 1 is 1.32 bits per heavy atom. The van der Waals surface area contributed by atoms with E-state index in [0.29, 0.717) is 28.6 Å². The quantitative estimate of drug-likeness (QED) is 0.891. The number of rotatable bonds is 3. The highest BCUT2D eigenvalue weighted by Gasteiger charge is 2.43. The van der Waals surface area contributed by atoms with Crippen molar-refractivity contribution < 1.29 is 19.7 Å². The molecule has 104 valence electrons. The summed E-state index contributed by atoms with van der Waals surface area (Å²) in [5.74, 6) is -0.631. The van der Waals surface area contributed by atoms with Crippen molar-refractivity contribution in [3.8, 4) is 11.5 Å². The third-order valence-corrected chi connectivity index (χ3v) is 4.35. The molecule has 0 radical (unpaired) electrons. The van der Waals surface area contributed by atoms with Gasteiger partial charge in [0, 0.05) is 10.0 Å². The molecule has 0 aromatic heterocycles. The molecular formula is C14H17BrO4. The van der Waals surface area contributed by atoms with Crippen LogP contribution in [0.15, 0.2) is 16.6 Å². The summed E-state index contributed by atoms with van der Waals surface area (Å²) in [5.41, 5.74) is -0.551. The maximum atomic E-state index is 11.8.